The second kappa shape index (κ2) is 4.58. The zero-order valence-corrected chi connectivity index (χ0v) is 10.7. The van der Waals surface area contributed by atoms with Crippen LogP contribution in [0, 0.1) is 0 Å². The van der Waals surface area contributed by atoms with Gasteiger partial charge in [0.05, 0.1) is 5.69 Å². The number of fused-ring (bicyclic) bond motifs is 1. The minimum Gasteiger partial charge on any atom is -0.327 e. The van der Waals surface area contributed by atoms with Crippen LogP contribution in [0.1, 0.15) is 29.2 Å². The Morgan fingerprint density at radius 3 is 3.00 bits per heavy atom. The summed E-state index contributed by atoms with van der Waals surface area (Å²) >= 11 is 0. The maximum atomic E-state index is 6.39. The van der Waals surface area contributed by atoms with Gasteiger partial charge < -0.3 is 5.73 Å². The second-order valence-corrected chi connectivity index (χ2v) is 5.19. The molecule has 0 fully saturated rings. The molecule has 2 atom stereocenters. The summed E-state index contributed by atoms with van der Waals surface area (Å²) in [6, 6.07) is 10.9. The van der Waals surface area contributed by atoms with E-state index in [4.69, 9.17) is 5.73 Å². The Hall–Kier alpha value is -1.61. The van der Waals surface area contributed by atoms with Crippen molar-refractivity contribution in [3.63, 3.8) is 0 Å². The molecular weight excluding hydrogens is 222 g/mol. The largest absolute Gasteiger partial charge is 0.327 e. The van der Waals surface area contributed by atoms with Crippen molar-refractivity contribution >= 4 is 0 Å². The van der Waals surface area contributed by atoms with E-state index < -0.39 is 0 Å². The summed E-state index contributed by atoms with van der Waals surface area (Å²) in [5.74, 6) is 0.489. The summed E-state index contributed by atoms with van der Waals surface area (Å²) in [6.07, 6.45) is 5.18. The fourth-order valence-electron chi connectivity index (χ4n) is 2.99. The van der Waals surface area contributed by atoms with Crippen LogP contribution < -0.4 is 5.73 Å². The molecule has 1 heterocycles. The summed E-state index contributed by atoms with van der Waals surface area (Å²) in [5.41, 5.74) is 10.4. The second-order valence-electron chi connectivity index (χ2n) is 5.19. The zero-order chi connectivity index (χ0) is 12.5. The molecule has 3 nitrogen and oxygen atoms in total. The van der Waals surface area contributed by atoms with Crippen molar-refractivity contribution in [2.45, 2.75) is 31.2 Å². The lowest BCUT2D eigenvalue weighted by Crippen LogP contribution is -2.29. The zero-order valence-electron chi connectivity index (χ0n) is 10.7. The van der Waals surface area contributed by atoms with Crippen molar-refractivity contribution in [1.29, 1.82) is 0 Å². The van der Waals surface area contributed by atoms with Gasteiger partial charge in [-0.15, -0.1) is 0 Å². The lowest BCUT2D eigenvalue weighted by molar-refractivity contribution is 0.517. The van der Waals surface area contributed by atoms with Crippen LogP contribution in [0.4, 0.5) is 0 Å². The fourth-order valence-corrected chi connectivity index (χ4v) is 2.99. The van der Waals surface area contributed by atoms with Gasteiger partial charge >= 0.3 is 0 Å². The number of nitrogens with zero attached hydrogens (tertiary/aromatic N) is 2. The summed E-state index contributed by atoms with van der Waals surface area (Å²) < 4.78 is 1.84. The SMILES string of the molecule is Cn1ccc(CC(N)C2CCc3ccccc32)n1. The van der Waals surface area contributed by atoms with E-state index in [0.717, 1.165) is 18.5 Å². The van der Waals surface area contributed by atoms with E-state index in [2.05, 4.69) is 35.4 Å². The molecule has 3 rings (SSSR count). The molecule has 0 saturated heterocycles. The molecule has 2 unspecified atom stereocenters. The molecule has 0 aliphatic heterocycles. The summed E-state index contributed by atoms with van der Waals surface area (Å²) in [7, 11) is 1.94. The number of benzene rings is 1. The maximum absolute atomic E-state index is 6.39. The topological polar surface area (TPSA) is 43.8 Å². The first kappa shape index (κ1) is 11.5. The first-order valence-electron chi connectivity index (χ1n) is 6.56. The Balaban J connectivity index is 1.76. The molecule has 3 heteroatoms. The molecule has 0 amide bonds. The highest BCUT2D eigenvalue weighted by Crippen LogP contribution is 2.35. The molecule has 2 N–H and O–H groups in total. The van der Waals surface area contributed by atoms with Gasteiger partial charge in [-0.25, -0.2) is 0 Å². The molecular formula is C15H19N3. The van der Waals surface area contributed by atoms with Gasteiger partial charge in [-0.2, -0.15) is 5.10 Å². The Bertz CT molecular complexity index is 544. The number of hydrogen-bond donors (Lipinski definition) is 1. The Morgan fingerprint density at radius 2 is 2.22 bits per heavy atom. The number of rotatable bonds is 3. The van der Waals surface area contributed by atoms with Crippen molar-refractivity contribution in [3.8, 4) is 0 Å². The molecule has 2 aromatic rings. The smallest absolute Gasteiger partial charge is 0.0640 e. The Morgan fingerprint density at radius 1 is 1.39 bits per heavy atom. The van der Waals surface area contributed by atoms with Crippen molar-refractivity contribution in [1.82, 2.24) is 9.78 Å². The lowest BCUT2D eigenvalue weighted by atomic mass is 9.91. The Kier molecular flexibility index (Phi) is 2.92. The number of hydrogen-bond acceptors (Lipinski definition) is 2. The predicted molar refractivity (Wildman–Crippen MR) is 72.4 cm³/mol. The van der Waals surface area contributed by atoms with Gasteiger partial charge in [0.1, 0.15) is 0 Å². The minimum absolute atomic E-state index is 0.170. The molecule has 0 bridgehead atoms. The first-order valence-corrected chi connectivity index (χ1v) is 6.56. The third-order valence-corrected chi connectivity index (χ3v) is 3.91. The van der Waals surface area contributed by atoms with Crippen molar-refractivity contribution in [3.05, 3.63) is 53.3 Å². The standard InChI is InChI=1S/C15H19N3/c1-18-9-8-12(17-18)10-15(16)14-7-6-11-4-2-3-5-13(11)14/h2-5,8-9,14-15H,6-7,10,16H2,1H3. The fraction of sp³-hybridized carbons (Fsp3) is 0.400. The van der Waals surface area contributed by atoms with Crippen molar-refractivity contribution < 1.29 is 0 Å². The molecule has 0 spiro atoms. The van der Waals surface area contributed by atoms with E-state index >= 15 is 0 Å². The number of nitrogens with two attached hydrogens (primary N) is 1. The average molecular weight is 241 g/mol. The molecule has 1 aromatic heterocycles. The molecule has 1 aliphatic rings. The van der Waals surface area contributed by atoms with E-state index in [1.165, 1.54) is 17.5 Å². The van der Waals surface area contributed by atoms with E-state index in [9.17, 15) is 0 Å². The molecule has 1 aromatic carbocycles. The van der Waals surface area contributed by atoms with Crippen molar-refractivity contribution in [2.75, 3.05) is 0 Å². The van der Waals surface area contributed by atoms with E-state index in [-0.39, 0.29) is 6.04 Å². The van der Waals surface area contributed by atoms with Crippen LogP contribution in [0.25, 0.3) is 0 Å². The van der Waals surface area contributed by atoms with Crippen LogP contribution >= 0.6 is 0 Å². The number of aryl methyl sites for hydroxylation is 2. The first-order chi connectivity index (χ1) is 8.74. The highest BCUT2D eigenvalue weighted by molar-refractivity contribution is 5.36. The normalized spacial score (nSPS) is 19.8. The third-order valence-electron chi connectivity index (χ3n) is 3.91. The van der Waals surface area contributed by atoms with Gasteiger partial charge in [-0.05, 0) is 36.0 Å². The van der Waals surface area contributed by atoms with Gasteiger partial charge in [-0.3, -0.25) is 4.68 Å². The van der Waals surface area contributed by atoms with Crippen LogP contribution in [-0.4, -0.2) is 15.8 Å². The highest BCUT2D eigenvalue weighted by Gasteiger charge is 2.27. The third kappa shape index (κ3) is 2.06. The van der Waals surface area contributed by atoms with Crippen LogP contribution in [-0.2, 0) is 19.9 Å². The predicted octanol–water partition coefficient (Wildman–Crippen LogP) is 2.02. The van der Waals surface area contributed by atoms with Crippen LogP contribution in [0.3, 0.4) is 0 Å². The van der Waals surface area contributed by atoms with Crippen LogP contribution in [0.5, 0.6) is 0 Å². The number of aromatic nitrogens is 2. The molecule has 0 radical (unpaired) electrons. The van der Waals surface area contributed by atoms with Gasteiger partial charge in [0.15, 0.2) is 0 Å². The van der Waals surface area contributed by atoms with Gasteiger partial charge in [0, 0.05) is 25.7 Å². The lowest BCUT2D eigenvalue weighted by Gasteiger charge is -2.19. The summed E-state index contributed by atoms with van der Waals surface area (Å²) in [6.45, 7) is 0. The molecule has 0 saturated carbocycles. The monoisotopic (exact) mass is 241 g/mol. The van der Waals surface area contributed by atoms with Gasteiger partial charge in [0.25, 0.3) is 0 Å². The van der Waals surface area contributed by atoms with E-state index in [1.807, 2.05) is 17.9 Å². The maximum Gasteiger partial charge on any atom is 0.0640 e. The van der Waals surface area contributed by atoms with Crippen LogP contribution in [0.2, 0.25) is 0 Å². The van der Waals surface area contributed by atoms with E-state index in [0.29, 0.717) is 5.92 Å². The van der Waals surface area contributed by atoms with Gasteiger partial charge in [0.2, 0.25) is 0 Å². The molecule has 1 aliphatic carbocycles. The molecule has 94 valence electrons. The highest BCUT2D eigenvalue weighted by atomic mass is 15.2. The van der Waals surface area contributed by atoms with Crippen molar-refractivity contribution in [2.24, 2.45) is 12.8 Å². The minimum atomic E-state index is 0.170. The quantitative estimate of drug-likeness (QED) is 0.893. The summed E-state index contributed by atoms with van der Waals surface area (Å²) in [5, 5.41) is 4.41. The van der Waals surface area contributed by atoms with Gasteiger partial charge in [-0.1, -0.05) is 24.3 Å². The summed E-state index contributed by atoms with van der Waals surface area (Å²) in [4.78, 5) is 0. The van der Waals surface area contributed by atoms with Crippen LogP contribution in [0.15, 0.2) is 36.5 Å². The molecule has 18 heavy (non-hydrogen) atoms. The average Bonchev–Trinajstić information content (AvgIpc) is 2.95. The van der Waals surface area contributed by atoms with E-state index in [1.54, 1.807) is 0 Å². The Labute approximate surface area is 108 Å².